The Morgan fingerprint density at radius 3 is 2.32 bits per heavy atom. The monoisotopic (exact) mass is 450 g/mol. The molecule has 0 amide bonds. The van der Waals surface area contributed by atoms with E-state index in [1.54, 1.807) is 0 Å². The first-order valence-corrected chi connectivity index (χ1v) is 8.52. The molecule has 3 aromatic rings. The van der Waals surface area contributed by atoms with Crippen LogP contribution in [0, 0.1) is 6.92 Å². The van der Waals surface area contributed by atoms with Gasteiger partial charge in [-0.1, -0.05) is 19.6 Å². The van der Waals surface area contributed by atoms with Crippen molar-refractivity contribution in [2.45, 2.75) is 38.7 Å². The Balaban J connectivity index is 0.00000341. The Bertz CT molecular complexity index is 1090. The van der Waals surface area contributed by atoms with Gasteiger partial charge in [0, 0.05) is 24.8 Å². The Morgan fingerprint density at radius 2 is 1.77 bits per heavy atom. The molecule has 0 aliphatic heterocycles. The summed E-state index contributed by atoms with van der Waals surface area (Å²) in [5.41, 5.74) is 0.783. The van der Waals surface area contributed by atoms with Gasteiger partial charge in [-0.3, -0.25) is 4.40 Å². The van der Waals surface area contributed by atoms with Crippen LogP contribution in [0.25, 0.3) is 16.9 Å². The summed E-state index contributed by atoms with van der Waals surface area (Å²) < 4.78 is 80.9. The van der Waals surface area contributed by atoms with E-state index in [9.17, 15) is 31.4 Å². The molecule has 0 spiro atoms. The van der Waals surface area contributed by atoms with Gasteiger partial charge in [0.25, 0.3) is 0 Å². The number of nitrogen functional groups attached to an aromatic ring is 1. The average molecular weight is 450 g/mol. The van der Waals surface area contributed by atoms with E-state index in [-0.39, 0.29) is 24.3 Å². The van der Waals surface area contributed by atoms with E-state index < -0.39 is 48.1 Å². The number of nitrogens with zero attached hydrogens (tertiary/aromatic N) is 3. The Morgan fingerprint density at radius 1 is 1.13 bits per heavy atom. The molecule has 1 unspecified atom stereocenters. The van der Waals surface area contributed by atoms with Crippen LogP contribution in [0.3, 0.4) is 0 Å². The van der Waals surface area contributed by atoms with Crippen LogP contribution in [0.1, 0.15) is 30.7 Å². The lowest BCUT2D eigenvalue weighted by molar-refractivity contribution is -0.271. The van der Waals surface area contributed by atoms with E-state index in [0.29, 0.717) is 11.8 Å². The molecule has 0 bridgehead atoms. The number of halogens is 6. The van der Waals surface area contributed by atoms with E-state index >= 15 is 0 Å². The minimum atomic E-state index is -5.10. The maximum Gasteiger partial charge on any atom is 0.434 e. The molecular formula is C19H20F6N4O2. The zero-order valence-electron chi connectivity index (χ0n) is 15.4. The van der Waals surface area contributed by atoms with Gasteiger partial charge in [0.05, 0.1) is 11.9 Å². The van der Waals surface area contributed by atoms with Crippen LogP contribution >= 0.6 is 0 Å². The molecule has 6 nitrogen and oxygen atoms in total. The van der Waals surface area contributed by atoms with Gasteiger partial charge in [0.1, 0.15) is 0 Å². The summed E-state index contributed by atoms with van der Waals surface area (Å²) in [6, 6.07) is 3.33. The number of hydrogen-bond donors (Lipinski definition) is 3. The third kappa shape index (κ3) is 4.17. The van der Waals surface area contributed by atoms with Crippen molar-refractivity contribution in [3.63, 3.8) is 0 Å². The highest BCUT2D eigenvalue weighted by atomic mass is 19.4. The number of anilines is 1. The molecule has 0 saturated carbocycles. The first-order valence-electron chi connectivity index (χ1n) is 8.52. The Kier molecular flexibility index (Phi) is 6.30. The second-order valence-electron chi connectivity index (χ2n) is 6.71. The van der Waals surface area contributed by atoms with Gasteiger partial charge in [-0.2, -0.15) is 26.3 Å². The summed E-state index contributed by atoms with van der Waals surface area (Å²) >= 11 is 0. The molecule has 170 valence electrons. The van der Waals surface area contributed by atoms with Crippen molar-refractivity contribution < 1.29 is 36.6 Å². The lowest BCUT2D eigenvalue weighted by Crippen LogP contribution is -2.43. The maximum atomic E-state index is 13.5. The van der Waals surface area contributed by atoms with E-state index in [1.165, 1.54) is 13.0 Å². The highest BCUT2D eigenvalue weighted by Gasteiger charge is 2.54. The van der Waals surface area contributed by atoms with Crippen molar-refractivity contribution >= 4 is 11.5 Å². The van der Waals surface area contributed by atoms with Crippen LogP contribution in [0.2, 0.25) is 0 Å². The highest BCUT2D eigenvalue weighted by Crippen LogP contribution is 2.43. The predicted octanol–water partition coefficient (Wildman–Crippen LogP) is 4.07. The van der Waals surface area contributed by atoms with E-state index in [4.69, 9.17) is 10.8 Å². The third-order valence-electron chi connectivity index (χ3n) is 4.74. The van der Waals surface area contributed by atoms with E-state index in [0.717, 1.165) is 22.7 Å². The van der Waals surface area contributed by atoms with Crippen molar-refractivity contribution in [3.05, 3.63) is 47.4 Å². The second kappa shape index (κ2) is 8.00. The van der Waals surface area contributed by atoms with Crippen LogP contribution in [-0.4, -0.2) is 37.4 Å². The molecule has 0 fully saturated rings. The number of aliphatic hydroxyl groups excluding tert-OH is 1. The van der Waals surface area contributed by atoms with Crippen molar-refractivity contribution in [2.24, 2.45) is 0 Å². The van der Waals surface area contributed by atoms with Gasteiger partial charge in [-0.15, -0.1) is 0 Å². The minimum Gasteiger partial charge on any atom is -0.396 e. The second-order valence-corrected chi connectivity index (χ2v) is 6.71. The summed E-state index contributed by atoms with van der Waals surface area (Å²) in [6.45, 7) is 0.596. The molecule has 2 heterocycles. The summed E-state index contributed by atoms with van der Waals surface area (Å²) in [6.07, 6.45) is -9.12. The molecule has 1 atom stereocenters. The summed E-state index contributed by atoms with van der Waals surface area (Å²) in [4.78, 5) is 7.19. The lowest BCUT2D eigenvalue weighted by atomic mass is 9.87. The number of hydrogen-bond acceptors (Lipinski definition) is 5. The number of benzene rings is 1. The lowest BCUT2D eigenvalue weighted by Gasteiger charge is -2.31. The van der Waals surface area contributed by atoms with Gasteiger partial charge in [0.15, 0.2) is 22.8 Å². The fourth-order valence-corrected chi connectivity index (χ4v) is 3.11. The standard InChI is InChI=1S/C18H16F6N4O2.CH4/c1-9-2-3-10(16(30,4-5-29)18(22,23)24)6-11(9)12-7-26-15-14(25)27-13(8-28(12)15)17(19,20)21;/h2-3,6-8,29-30H,4-5H2,1H3,(H2,25,27);1H4. The van der Waals surface area contributed by atoms with Crippen LogP contribution < -0.4 is 5.73 Å². The Labute approximate surface area is 173 Å². The van der Waals surface area contributed by atoms with Crippen molar-refractivity contribution in [3.8, 4) is 11.3 Å². The molecule has 1 aromatic carbocycles. The molecule has 0 aliphatic rings. The maximum absolute atomic E-state index is 13.5. The fourth-order valence-electron chi connectivity index (χ4n) is 3.11. The Hall–Kier alpha value is -2.86. The number of aromatic nitrogens is 3. The molecule has 2 aromatic heterocycles. The minimum absolute atomic E-state index is 0. The van der Waals surface area contributed by atoms with Crippen LogP contribution in [0.5, 0.6) is 0 Å². The number of alkyl halides is 6. The molecule has 0 aliphatic carbocycles. The number of nitrogens with two attached hydrogens (primary N) is 1. The fraction of sp³-hybridized carbons (Fsp3) is 0.368. The highest BCUT2D eigenvalue weighted by molar-refractivity contribution is 5.72. The van der Waals surface area contributed by atoms with Gasteiger partial charge in [-0.05, 0) is 24.1 Å². The number of aryl methyl sites for hydroxylation is 1. The van der Waals surface area contributed by atoms with Gasteiger partial charge < -0.3 is 15.9 Å². The first kappa shape index (κ1) is 24.4. The molecule has 4 N–H and O–H groups in total. The molecule has 3 rings (SSSR count). The first-order chi connectivity index (χ1) is 13.8. The summed E-state index contributed by atoms with van der Waals surface area (Å²) in [5, 5.41) is 19.3. The predicted molar refractivity (Wildman–Crippen MR) is 101 cm³/mol. The normalized spacial score (nSPS) is 14.4. The van der Waals surface area contributed by atoms with Crippen molar-refractivity contribution in [1.82, 2.24) is 14.4 Å². The smallest absolute Gasteiger partial charge is 0.396 e. The topological polar surface area (TPSA) is 96.7 Å². The molecule has 0 saturated heterocycles. The van der Waals surface area contributed by atoms with Crippen molar-refractivity contribution in [2.75, 3.05) is 12.3 Å². The van der Waals surface area contributed by atoms with Gasteiger partial charge >= 0.3 is 12.4 Å². The molecule has 0 radical (unpaired) electrons. The average Bonchev–Trinajstić information content (AvgIpc) is 3.05. The number of aliphatic hydroxyl groups is 2. The van der Waals surface area contributed by atoms with Crippen molar-refractivity contribution in [1.29, 1.82) is 0 Å². The SMILES string of the molecule is C.Cc1ccc(C(O)(CCO)C(F)(F)F)cc1-c1cnc2c(N)nc(C(F)(F)F)cn12. The van der Waals surface area contributed by atoms with E-state index in [2.05, 4.69) is 9.97 Å². The van der Waals surface area contributed by atoms with Crippen LogP contribution in [0.15, 0.2) is 30.6 Å². The largest absolute Gasteiger partial charge is 0.434 e. The zero-order chi connectivity index (χ0) is 22.5. The number of fused-ring (bicyclic) bond motifs is 1. The number of rotatable bonds is 4. The molecular weight excluding hydrogens is 430 g/mol. The molecule has 31 heavy (non-hydrogen) atoms. The van der Waals surface area contributed by atoms with Crippen LogP contribution in [0.4, 0.5) is 32.2 Å². The van der Waals surface area contributed by atoms with Gasteiger partial charge in [0.2, 0.25) is 0 Å². The summed E-state index contributed by atoms with van der Waals surface area (Å²) in [5.74, 6) is -0.503. The van der Waals surface area contributed by atoms with Crippen LogP contribution in [-0.2, 0) is 11.8 Å². The quantitative estimate of drug-likeness (QED) is 0.521. The number of imidazole rings is 1. The summed E-state index contributed by atoms with van der Waals surface area (Å²) in [7, 11) is 0. The van der Waals surface area contributed by atoms with E-state index in [1.807, 2.05) is 0 Å². The molecule has 12 heteroatoms. The van der Waals surface area contributed by atoms with Gasteiger partial charge in [-0.25, -0.2) is 9.97 Å². The third-order valence-corrected chi connectivity index (χ3v) is 4.74. The zero-order valence-corrected chi connectivity index (χ0v) is 15.4.